The van der Waals surface area contributed by atoms with E-state index < -0.39 is 30.0 Å². The molecule has 0 aliphatic heterocycles. The number of aliphatic carboxylic acids is 1. The summed E-state index contributed by atoms with van der Waals surface area (Å²) in [6.07, 6.45) is 0. The number of carbonyl (C=O) groups is 3. The topological polar surface area (TPSA) is 126 Å². The molecule has 3 atom stereocenters. The lowest BCUT2D eigenvalue weighted by atomic mass is 9.98. The maximum absolute atomic E-state index is 12.3. The van der Waals surface area contributed by atoms with Crippen molar-refractivity contribution in [3.05, 3.63) is 0 Å². The van der Waals surface area contributed by atoms with Gasteiger partial charge in [0.05, 0.1) is 12.0 Å². The Hall–Kier alpha value is -1.63. The van der Waals surface area contributed by atoms with Gasteiger partial charge in [-0.2, -0.15) is 0 Å². The fraction of sp³-hybridized carbons (Fsp3) is 0.800. The molecule has 0 aromatic rings. The summed E-state index contributed by atoms with van der Waals surface area (Å²) >= 11 is 0. The van der Waals surface area contributed by atoms with Crippen molar-refractivity contribution in [2.75, 3.05) is 0 Å². The average molecular weight is 315 g/mol. The lowest BCUT2D eigenvalue weighted by molar-refractivity contribution is -0.414. The molecule has 0 saturated carbocycles. The third-order valence-corrected chi connectivity index (χ3v) is 3.61. The van der Waals surface area contributed by atoms with Gasteiger partial charge in [0.15, 0.2) is 6.04 Å². The van der Waals surface area contributed by atoms with E-state index in [1.807, 2.05) is 13.8 Å². The number of nitrogens with one attached hydrogen (secondary N) is 2. The van der Waals surface area contributed by atoms with Gasteiger partial charge in [-0.1, -0.05) is 41.5 Å². The minimum atomic E-state index is -1.34. The summed E-state index contributed by atoms with van der Waals surface area (Å²) in [4.78, 5) is 35.4. The summed E-state index contributed by atoms with van der Waals surface area (Å²) in [5.74, 6) is -2.64. The highest BCUT2D eigenvalue weighted by Crippen LogP contribution is 2.07. The molecule has 0 aliphatic rings. The van der Waals surface area contributed by atoms with Crippen molar-refractivity contribution in [1.82, 2.24) is 10.6 Å². The minimum absolute atomic E-state index is 0.0440. The van der Waals surface area contributed by atoms with Gasteiger partial charge in [0.2, 0.25) is 5.91 Å². The van der Waals surface area contributed by atoms with E-state index >= 15 is 0 Å². The molecule has 7 heteroatoms. The summed E-state index contributed by atoms with van der Waals surface area (Å²) in [5.41, 5.74) is 3.78. The first-order valence-electron chi connectivity index (χ1n) is 7.63. The highest BCUT2D eigenvalue weighted by atomic mass is 16.4. The molecule has 0 aromatic carbocycles. The summed E-state index contributed by atoms with van der Waals surface area (Å²) in [6, 6.07) is -2.38. The van der Waals surface area contributed by atoms with E-state index in [4.69, 9.17) is 0 Å². The van der Waals surface area contributed by atoms with Crippen molar-refractivity contribution >= 4 is 17.8 Å². The number of hydrogen-bond donors (Lipinski definition) is 3. The van der Waals surface area contributed by atoms with Gasteiger partial charge in [-0.05, 0) is 11.8 Å². The Morgan fingerprint density at radius 2 is 1.18 bits per heavy atom. The van der Waals surface area contributed by atoms with E-state index in [1.54, 1.807) is 27.7 Å². The minimum Gasteiger partial charge on any atom is -0.548 e. The van der Waals surface area contributed by atoms with Crippen LogP contribution in [0.25, 0.3) is 0 Å². The number of quaternary nitrogens is 1. The summed E-state index contributed by atoms with van der Waals surface area (Å²) in [5, 5.41) is 16.2. The highest BCUT2D eigenvalue weighted by Gasteiger charge is 2.30. The molecule has 0 fully saturated rings. The first kappa shape index (κ1) is 20.4. The fourth-order valence-corrected chi connectivity index (χ4v) is 1.84. The van der Waals surface area contributed by atoms with Crippen LogP contribution >= 0.6 is 0 Å². The number of hydrogen-bond acceptors (Lipinski definition) is 4. The van der Waals surface area contributed by atoms with E-state index in [-0.39, 0.29) is 23.7 Å². The molecule has 0 spiro atoms. The van der Waals surface area contributed by atoms with E-state index in [9.17, 15) is 19.5 Å². The second kappa shape index (κ2) is 8.73. The fourth-order valence-electron chi connectivity index (χ4n) is 1.84. The largest absolute Gasteiger partial charge is 0.548 e. The maximum atomic E-state index is 12.3. The Labute approximate surface area is 132 Å². The normalized spacial score (nSPS) is 15.5. The second-order valence-electron chi connectivity index (χ2n) is 6.63. The third-order valence-electron chi connectivity index (χ3n) is 3.61. The molecule has 7 nitrogen and oxygen atoms in total. The van der Waals surface area contributed by atoms with Crippen molar-refractivity contribution < 1.29 is 25.2 Å². The van der Waals surface area contributed by atoms with Gasteiger partial charge < -0.3 is 26.3 Å². The molecule has 0 radical (unpaired) electrons. The number of amides is 2. The lowest BCUT2D eigenvalue weighted by Crippen LogP contribution is -2.71. The zero-order valence-electron chi connectivity index (χ0n) is 14.3. The predicted molar refractivity (Wildman–Crippen MR) is 80.1 cm³/mol. The smallest absolute Gasteiger partial charge is 0.279 e. The van der Waals surface area contributed by atoms with Crippen molar-refractivity contribution in [3.8, 4) is 0 Å². The van der Waals surface area contributed by atoms with Gasteiger partial charge in [-0.15, -0.1) is 0 Å². The van der Waals surface area contributed by atoms with Crippen LogP contribution in [0.1, 0.15) is 41.5 Å². The van der Waals surface area contributed by atoms with Crippen LogP contribution in [0.3, 0.4) is 0 Å². The Morgan fingerprint density at radius 3 is 1.50 bits per heavy atom. The molecule has 5 N–H and O–H groups in total. The summed E-state index contributed by atoms with van der Waals surface area (Å²) in [7, 11) is 0. The van der Waals surface area contributed by atoms with Gasteiger partial charge >= 0.3 is 0 Å². The zero-order chi connectivity index (χ0) is 17.6. The molecule has 0 aromatic heterocycles. The van der Waals surface area contributed by atoms with Crippen molar-refractivity contribution in [2.45, 2.75) is 59.7 Å². The Balaban J connectivity index is 4.99. The van der Waals surface area contributed by atoms with E-state index in [0.717, 1.165) is 0 Å². The molecule has 0 unspecified atom stereocenters. The van der Waals surface area contributed by atoms with Crippen LogP contribution < -0.4 is 21.5 Å². The number of rotatable bonds is 8. The van der Waals surface area contributed by atoms with Crippen LogP contribution in [0.5, 0.6) is 0 Å². The van der Waals surface area contributed by atoms with Gasteiger partial charge in [0.1, 0.15) is 6.04 Å². The van der Waals surface area contributed by atoms with Crippen molar-refractivity contribution in [1.29, 1.82) is 0 Å². The molecule has 128 valence electrons. The number of carboxylic acid groups (broad SMARTS) is 1. The van der Waals surface area contributed by atoms with Crippen molar-refractivity contribution in [2.24, 2.45) is 17.8 Å². The Bertz CT molecular complexity index is 408. The summed E-state index contributed by atoms with van der Waals surface area (Å²) in [6.45, 7) is 10.6. The SMILES string of the molecule is CC(C)[C@H](NC(=O)[C@@H](NC(=O)[C@H]([NH3+])C(C)C)C(C)C)C(=O)[O-]. The molecule has 0 bridgehead atoms. The highest BCUT2D eigenvalue weighted by molar-refractivity contribution is 5.91. The van der Waals surface area contributed by atoms with Gasteiger partial charge in [-0.25, -0.2) is 0 Å². The van der Waals surface area contributed by atoms with Crippen LogP contribution in [-0.2, 0) is 14.4 Å². The van der Waals surface area contributed by atoms with Crippen LogP contribution in [0.15, 0.2) is 0 Å². The maximum Gasteiger partial charge on any atom is 0.279 e. The quantitative estimate of drug-likeness (QED) is 0.493. The van der Waals surface area contributed by atoms with Crippen LogP contribution in [0.4, 0.5) is 0 Å². The number of carboxylic acids is 1. The van der Waals surface area contributed by atoms with E-state index in [1.165, 1.54) is 0 Å². The summed E-state index contributed by atoms with van der Waals surface area (Å²) < 4.78 is 0. The van der Waals surface area contributed by atoms with Crippen molar-refractivity contribution in [3.63, 3.8) is 0 Å². The standard InChI is InChI=1S/C15H29N3O4/c1-7(2)10(16)13(19)17-11(8(3)4)14(20)18-12(9(5)6)15(21)22/h7-12H,16H2,1-6H3,(H,17,19)(H,18,20)(H,21,22)/t10-,11+,12+/m1/s1. The van der Waals surface area contributed by atoms with Gasteiger partial charge in [0, 0.05) is 5.92 Å². The zero-order valence-corrected chi connectivity index (χ0v) is 14.3. The van der Waals surface area contributed by atoms with Crippen LogP contribution in [0, 0.1) is 17.8 Å². The second-order valence-corrected chi connectivity index (χ2v) is 6.63. The van der Waals surface area contributed by atoms with E-state index in [0.29, 0.717) is 0 Å². The molecule has 0 rings (SSSR count). The first-order valence-corrected chi connectivity index (χ1v) is 7.63. The lowest BCUT2D eigenvalue weighted by Gasteiger charge is -2.28. The molecule has 0 saturated heterocycles. The van der Waals surface area contributed by atoms with E-state index in [2.05, 4.69) is 16.4 Å². The van der Waals surface area contributed by atoms with Gasteiger partial charge in [-0.3, -0.25) is 9.59 Å². The first-order chi connectivity index (χ1) is 9.98. The monoisotopic (exact) mass is 315 g/mol. The molecule has 22 heavy (non-hydrogen) atoms. The van der Waals surface area contributed by atoms with Crippen LogP contribution in [0.2, 0.25) is 0 Å². The number of carbonyl (C=O) groups excluding carboxylic acids is 3. The Kier molecular flexibility index (Phi) is 8.08. The molecular weight excluding hydrogens is 286 g/mol. The third kappa shape index (κ3) is 6.01. The molecule has 2 amide bonds. The van der Waals surface area contributed by atoms with Gasteiger partial charge in [0.25, 0.3) is 5.91 Å². The molecule has 0 aliphatic carbocycles. The molecule has 0 heterocycles. The van der Waals surface area contributed by atoms with Crippen LogP contribution in [-0.4, -0.2) is 35.9 Å². The molecular formula is C15H29N3O4. The predicted octanol–water partition coefficient (Wildman–Crippen LogP) is -1.72. The average Bonchev–Trinajstić information content (AvgIpc) is 2.39. The Morgan fingerprint density at radius 1 is 0.773 bits per heavy atom.